The molecule has 1 amide bonds. The molecule has 1 aromatic carbocycles. The molecular formula is C13H13N3O2S. The molecule has 0 aliphatic rings. The summed E-state index contributed by atoms with van der Waals surface area (Å²) in [4.78, 5) is 12.3. The number of thiocarbonyl (C=S) groups is 1. The first kappa shape index (κ1) is 13.2. The van der Waals surface area contributed by atoms with Gasteiger partial charge in [0.1, 0.15) is 5.76 Å². The van der Waals surface area contributed by atoms with E-state index in [1.807, 2.05) is 12.1 Å². The molecule has 5 nitrogen and oxygen atoms in total. The Morgan fingerprint density at radius 2 is 2.11 bits per heavy atom. The highest BCUT2D eigenvalue weighted by Gasteiger charge is 2.10. The van der Waals surface area contributed by atoms with Gasteiger partial charge in [-0.3, -0.25) is 4.79 Å². The quantitative estimate of drug-likeness (QED) is 0.835. The smallest absolute Gasteiger partial charge is 0.277 e. The third-order valence-electron chi connectivity index (χ3n) is 2.45. The van der Waals surface area contributed by atoms with Crippen LogP contribution < -0.4 is 11.1 Å². The number of hydrogen-bond acceptors (Lipinski definition) is 4. The van der Waals surface area contributed by atoms with E-state index in [9.17, 15) is 4.79 Å². The molecule has 0 unspecified atom stereocenters. The highest BCUT2D eigenvalue weighted by molar-refractivity contribution is 7.80. The van der Waals surface area contributed by atoms with Gasteiger partial charge in [-0.2, -0.15) is 0 Å². The lowest BCUT2D eigenvalue weighted by molar-refractivity contribution is 0.101. The minimum atomic E-state index is -0.307. The zero-order valence-electron chi connectivity index (χ0n) is 10.3. The van der Waals surface area contributed by atoms with Crippen molar-refractivity contribution in [2.75, 3.05) is 5.32 Å². The van der Waals surface area contributed by atoms with Crippen molar-refractivity contribution in [1.82, 2.24) is 5.16 Å². The number of nitrogens with zero attached hydrogens (tertiary/aromatic N) is 1. The fourth-order valence-electron chi connectivity index (χ4n) is 1.58. The van der Waals surface area contributed by atoms with E-state index in [4.69, 9.17) is 22.5 Å². The molecule has 0 atom stereocenters. The molecular weight excluding hydrogens is 262 g/mol. The maximum atomic E-state index is 11.8. The summed E-state index contributed by atoms with van der Waals surface area (Å²) in [5.74, 6) is 0.288. The van der Waals surface area contributed by atoms with Crippen LogP contribution in [0.3, 0.4) is 0 Å². The van der Waals surface area contributed by atoms with Crippen molar-refractivity contribution in [3.05, 3.63) is 47.3 Å². The number of carbonyl (C=O) groups is 1. The molecule has 6 heteroatoms. The van der Waals surface area contributed by atoms with Gasteiger partial charge < -0.3 is 15.6 Å². The molecule has 0 spiro atoms. The lowest BCUT2D eigenvalue weighted by atomic mass is 10.1. The summed E-state index contributed by atoms with van der Waals surface area (Å²) >= 11 is 4.84. The number of rotatable bonds is 4. The Morgan fingerprint density at radius 3 is 2.63 bits per heavy atom. The van der Waals surface area contributed by atoms with Crippen molar-refractivity contribution in [3.63, 3.8) is 0 Å². The number of nitrogens with two attached hydrogens (primary N) is 1. The van der Waals surface area contributed by atoms with Gasteiger partial charge in [0, 0.05) is 18.2 Å². The van der Waals surface area contributed by atoms with E-state index in [1.165, 1.54) is 0 Å². The topological polar surface area (TPSA) is 81.2 Å². The summed E-state index contributed by atoms with van der Waals surface area (Å²) in [6, 6.07) is 8.89. The van der Waals surface area contributed by atoms with Gasteiger partial charge in [-0.25, -0.2) is 0 Å². The molecule has 1 aromatic heterocycles. The fraction of sp³-hybridized carbons (Fsp3) is 0.154. The van der Waals surface area contributed by atoms with Crippen LogP contribution >= 0.6 is 12.2 Å². The molecule has 19 heavy (non-hydrogen) atoms. The van der Waals surface area contributed by atoms with E-state index in [2.05, 4.69) is 10.5 Å². The first-order valence-corrected chi connectivity index (χ1v) is 6.07. The first-order valence-electron chi connectivity index (χ1n) is 5.66. The van der Waals surface area contributed by atoms with E-state index in [-0.39, 0.29) is 11.6 Å². The van der Waals surface area contributed by atoms with Crippen molar-refractivity contribution in [2.24, 2.45) is 5.73 Å². The monoisotopic (exact) mass is 275 g/mol. The SMILES string of the molecule is Cc1cc(C(=O)Nc2ccc(CC(N)=S)cc2)no1. The van der Waals surface area contributed by atoms with E-state index < -0.39 is 0 Å². The number of carbonyl (C=O) groups excluding carboxylic acids is 1. The number of aryl methyl sites for hydroxylation is 1. The van der Waals surface area contributed by atoms with Crippen LogP contribution in [-0.4, -0.2) is 16.1 Å². The maximum absolute atomic E-state index is 11.8. The molecule has 2 aromatic rings. The van der Waals surface area contributed by atoms with Crippen LogP contribution in [0.2, 0.25) is 0 Å². The van der Waals surface area contributed by atoms with Crippen molar-refractivity contribution in [2.45, 2.75) is 13.3 Å². The van der Waals surface area contributed by atoms with Crippen LogP contribution in [-0.2, 0) is 6.42 Å². The number of hydrogen-bond donors (Lipinski definition) is 2. The molecule has 98 valence electrons. The van der Waals surface area contributed by atoms with Crippen LogP contribution in [0.15, 0.2) is 34.9 Å². The number of amides is 1. The molecule has 0 aliphatic heterocycles. The molecule has 2 rings (SSSR count). The number of anilines is 1. The molecule has 0 fully saturated rings. The summed E-state index contributed by atoms with van der Waals surface area (Å²) in [6.45, 7) is 1.73. The minimum Gasteiger partial charge on any atom is -0.393 e. The molecule has 3 N–H and O–H groups in total. The van der Waals surface area contributed by atoms with Crippen LogP contribution in [0.1, 0.15) is 21.8 Å². The predicted octanol–water partition coefficient (Wildman–Crippen LogP) is 2.06. The van der Waals surface area contributed by atoms with Crippen LogP contribution in [0.5, 0.6) is 0 Å². The second-order valence-electron chi connectivity index (χ2n) is 4.12. The summed E-state index contributed by atoms with van der Waals surface area (Å²) in [5.41, 5.74) is 7.40. The highest BCUT2D eigenvalue weighted by atomic mass is 32.1. The third kappa shape index (κ3) is 3.62. The van der Waals surface area contributed by atoms with Gasteiger partial charge >= 0.3 is 0 Å². The van der Waals surface area contributed by atoms with E-state index in [0.717, 1.165) is 5.56 Å². The normalized spacial score (nSPS) is 10.2. The second-order valence-corrected chi connectivity index (χ2v) is 4.64. The van der Waals surface area contributed by atoms with Crippen molar-refractivity contribution in [1.29, 1.82) is 0 Å². The third-order valence-corrected chi connectivity index (χ3v) is 2.60. The molecule has 1 heterocycles. The van der Waals surface area contributed by atoms with Gasteiger partial charge in [-0.1, -0.05) is 29.5 Å². The van der Waals surface area contributed by atoms with Gasteiger partial charge in [0.15, 0.2) is 5.69 Å². The van der Waals surface area contributed by atoms with Crippen molar-refractivity contribution in [3.8, 4) is 0 Å². The molecule has 0 saturated carbocycles. The Hall–Kier alpha value is -2.21. The van der Waals surface area contributed by atoms with Gasteiger partial charge in [-0.05, 0) is 24.6 Å². The van der Waals surface area contributed by atoms with E-state index in [0.29, 0.717) is 22.9 Å². The maximum Gasteiger partial charge on any atom is 0.277 e. The lowest BCUT2D eigenvalue weighted by Gasteiger charge is -2.04. The summed E-state index contributed by atoms with van der Waals surface area (Å²) in [7, 11) is 0. The molecule has 0 radical (unpaired) electrons. The Balaban J connectivity index is 2.03. The largest absolute Gasteiger partial charge is 0.393 e. The molecule has 0 saturated heterocycles. The van der Waals surface area contributed by atoms with Gasteiger partial charge in [0.2, 0.25) is 0 Å². The average Bonchev–Trinajstić information content (AvgIpc) is 2.78. The number of benzene rings is 1. The zero-order valence-corrected chi connectivity index (χ0v) is 11.2. The number of aromatic nitrogens is 1. The standard InChI is InChI=1S/C13H13N3O2S/c1-8-6-11(16-18-8)13(17)15-10-4-2-9(3-5-10)7-12(14)19/h2-6H,7H2,1H3,(H2,14,19)(H,15,17). The van der Waals surface area contributed by atoms with E-state index in [1.54, 1.807) is 25.1 Å². The first-order chi connectivity index (χ1) is 9.04. The van der Waals surface area contributed by atoms with Crippen LogP contribution in [0.4, 0.5) is 5.69 Å². The zero-order chi connectivity index (χ0) is 13.8. The van der Waals surface area contributed by atoms with Gasteiger partial charge in [0.05, 0.1) is 4.99 Å². The minimum absolute atomic E-state index is 0.254. The molecule has 0 aliphatic carbocycles. The van der Waals surface area contributed by atoms with Crippen LogP contribution in [0, 0.1) is 6.92 Å². The Labute approximate surface area is 115 Å². The van der Waals surface area contributed by atoms with Crippen LogP contribution in [0.25, 0.3) is 0 Å². The Kier molecular flexibility index (Phi) is 3.91. The molecule has 0 bridgehead atoms. The Morgan fingerprint density at radius 1 is 1.42 bits per heavy atom. The number of nitrogens with one attached hydrogen (secondary N) is 1. The van der Waals surface area contributed by atoms with Gasteiger partial charge in [-0.15, -0.1) is 0 Å². The average molecular weight is 275 g/mol. The Bertz CT molecular complexity index is 605. The van der Waals surface area contributed by atoms with E-state index >= 15 is 0 Å². The second kappa shape index (κ2) is 5.62. The van der Waals surface area contributed by atoms with Crippen molar-refractivity contribution < 1.29 is 9.32 Å². The van der Waals surface area contributed by atoms with Crippen molar-refractivity contribution >= 4 is 28.8 Å². The lowest BCUT2D eigenvalue weighted by Crippen LogP contribution is -2.13. The van der Waals surface area contributed by atoms with Gasteiger partial charge in [0.25, 0.3) is 5.91 Å². The highest BCUT2D eigenvalue weighted by Crippen LogP contribution is 2.12. The predicted molar refractivity (Wildman–Crippen MR) is 76.1 cm³/mol. The summed E-state index contributed by atoms with van der Waals surface area (Å²) < 4.78 is 4.85. The summed E-state index contributed by atoms with van der Waals surface area (Å²) in [6.07, 6.45) is 0.548. The fourth-order valence-corrected chi connectivity index (χ4v) is 1.74. The summed E-state index contributed by atoms with van der Waals surface area (Å²) in [5, 5.41) is 6.37.